The summed E-state index contributed by atoms with van der Waals surface area (Å²) in [4.78, 5) is 7.04. The van der Waals surface area contributed by atoms with Crippen molar-refractivity contribution >= 4 is 29.9 Å². The molecule has 4 rings (SSSR count). The van der Waals surface area contributed by atoms with E-state index in [4.69, 9.17) is 0 Å². The van der Waals surface area contributed by atoms with Crippen molar-refractivity contribution in [2.24, 2.45) is 13.0 Å². The minimum absolute atomic E-state index is 0.514. The minimum atomic E-state index is 0.514. The van der Waals surface area contributed by atoms with Crippen LogP contribution in [0.2, 0.25) is 0 Å². The van der Waals surface area contributed by atoms with Gasteiger partial charge in [-0.05, 0) is 60.8 Å². The predicted molar refractivity (Wildman–Crippen MR) is 115 cm³/mol. The highest BCUT2D eigenvalue weighted by molar-refractivity contribution is 6.42. The normalized spacial score (nSPS) is 15.9. The molecule has 3 heterocycles. The van der Waals surface area contributed by atoms with Gasteiger partial charge in [-0.15, -0.1) is 0 Å². The molecule has 0 atom stereocenters. The maximum absolute atomic E-state index is 4.66. The van der Waals surface area contributed by atoms with E-state index in [2.05, 4.69) is 60.0 Å². The monoisotopic (exact) mass is 359 g/mol. The van der Waals surface area contributed by atoms with Gasteiger partial charge in [-0.1, -0.05) is 18.7 Å². The molecule has 0 radical (unpaired) electrons. The van der Waals surface area contributed by atoms with E-state index in [0.717, 1.165) is 53.9 Å². The number of nitrogens with one attached hydrogen (secondary N) is 1. The quantitative estimate of drug-likeness (QED) is 0.726. The Kier molecular flexibility index (Phi) is 4.74. The highest BCUT2D eigenvalue weighted by Gasteiger charge is 2.20. The molecule has 0 unspecified atom stereocenters. The fourth-order valence-corrected chi connectivity index (χ4v) is 3.84. The van der Waals surface area contributed by atoms with Crippen LogP contribution in [-0.2, 0) is 7.05 Å². The summed E-state index contributed by atoms with van der Waals surface area (Å²) >= 11 is 0. The van der Waals surface area contributed by atoms with E-state index in [-0.39, 0.29) is 0 Å². The summed E-state index contributed by atoms with van der Waals surface area (Å²) in [6.45, 7) is 6.56. The van der Waals surface area contributed by atoms with Gasteiger partial charge in [0.15, 0.2) is 0 Å². The van der Waals surface area contributed by atoms with Crippen LogP contribution >= 0.6 is 0 Å². The standard InChI is InChI=1S/C21H26BN5/c1-14(15-6-8-26(2)9-7-15)25-21-20(22)19-10-16(4-5-17(19)11-23-21)18-12-24-27(3)13-18/h4-5,10-13,15H,1,6-9,22H2,2-3H3,(H,23,25). The second kappa shape index (κ2) is 7.20. The molecule has 0 amide bonds. The number of rotatable bonds is 4. The first kappa shape index (κ1) is 17.8. The Balaban J connectivity index is 1.61. The van der Waals surface area contributed by atoms with E-state index in [9.17, 15) is 0 Å². The van der Waals surface area contributed by atoms with Crippen molar-refractivity contribution in [2.45, 2.75) is 12.8 Å². The van der Waals surface area contributed by atoms with Crippen LogP contribution in [0.1, 0.15) is 12.8 Å². The molecular weight excluding hydrogens is 333 g/mol. The molecule has 0 aliphatic carbocycles. The molecule has 27 heavy (non-hydrogen) atoms. The summed E-state index contributed by atoms with van der Waals surface area (Å²) in [6.07, 6.45) is 8.19. The fourth-order valence-electron chi connectivity index (χ4n) is 3.84. The molecule has 0 saturated carbocycles. The Labute approximate surface area is 161 Å². The SMILES string of the molecule is Bc1c(NC(=C)C2CCN(C)CC2)ncc2ccc(-c3cnn(C)c3)cc12. The predicted octanol–water partition coefficient (Wildman–Crippen LogP) is 2.16. The zero-order valence-corrected chi connectivity index (χ0v) is 16.4. The van der Waals surface area contributed by atoms with E-state index in [1.165, 1.54) is 10.9 Å². The lowest BCUT2D eigenvalue weighted by molar-refractivity contribution is 0.239. The number of likely N-dealkylation sites (tertiary alicyclic amines) is 1. The lowest BCUT2D eigenvalue weighted by Gasteiger charge is -2.30. The van der Waals surface area contributed by atoms with Crippen molar-refractivity contribution in [2.75, 3.05) is 25.5 Å². The maximum Gasteiger partial charge on any atom is 0.145 e. The summed E-state index contributed by atoms with van der Waals surface area (Å²) in [5, 5.41) is 10.2. The average Bonchev–Trinajstić information content (AvgIpc) is 3.11. The first-order valence-electron chi connectivity index (χ1n) is 9.54. The zero-order chi connectivity index (χ0) is 19.0. The van der Waals surface area contributed by atoms with Gasteiger partial charge < -0.3 is 10.2 Å². The third-order valence-electron chi connectivity index (χ3n) is 5.67. The van der Waals surface area contributed by atoms with Gasteiger partial charge in [-0.3, -0.25) is 4.68 Å². The molecule has 1 fully saturated rings. The van der Waals surface area contributed by atoms with Gasteiger partial charge in [0.2, 0.25) is 0 Å². The topological polar surface area (TPSA) is 46.0 Å². The van der Waals surface area contributed by atoms with Crippen LogP contribution in [0, 0.1) is 5.92 Å². The van der Waals surface area contributed by atoms with Gasteiger partial charge in [-0.25, -0.2) is 4.98 Å². The molecule has 0 spiro atoms. The number of hydrogen-bond acceptors (Lipinski definition) is 4. The molecule has 1 aliphatic rings. The third kappa shape index (κ3) is 3.62. The molecule has 138 valence electrons. The number of nitrogens with zero attached hydrogens (tertiary/aromatic N) is 4. The second-order valence-electron chi connectivity index (χ2n) is 7.66. The molecule has 0 bridgehead atoms. The van der Waals surface area contributed by atoms with Gasteiger partial charge in [0.05, 0.1) is 6.20 Å². The molecule has 3 aromatic rings. The minimum Gasteiger partial charge on any atom is -0.345 e. The Morgan fingerprint density at radius 2 is 1.96 bits per heavy atom. The summed E-state index contributed by atoms with van der Waals surface area (Å²) in [7, 11) is 6.25. The number of fused-ring (bicyclic) bond motifs is 1. The summed E-state index contributed by atoms with van der Waals surface area (Å²) < 4.78 is 1.83. The number of benzene rings is 1. The van der Waals surface area contributed by atoms with Gasteiger partial charge in [-0.2, -0.15) is 5.10 Å². The summed E-state index contributed by atoms with van der Waals surface area (Å²) in [5.74, 6) is 1.43. The van der Waals surface area contributed by atoms with Crippen LogP contribution in [0.3, 0.4) is 0 Å². The summed E-state index contributed by atoms with van der Waals surface area (Å²) in [5.41, 5.74) is 4.54. The number of aryl methyl sites for hydroxylation is 1. The van der Waals surface area contributed by atoms with Crippen molar-refractivity contribution in [3.8, 4) is 11.1 Å². The Bertz CT molecular complexity index is 985. The number of anilines is 1. The van der Waals surface area contributed by atoms with Crippen molar-refractivity contribution in [1.29, 1.82) is 0 Å². The number of pyridine rings is 1. The maximum atomic E-state index is 4.66. The van der Waals surface area contributed by atoms with Gasteiger partial charge in [0, 0.05) is 36.6 Å². The third-order valence-corrected chi connectivity index (χ3v) is 5.67. The van der Waals surface area contributed by atoms with Crippen molar-refractivity contribution in [3.05, 3.63) is 49.1 Å². The van der Waals surface area contributed by atoms with Crippen LogP contribution in [0.4, 0.5) is 5.82 Å². The molecule has 1 N–H and O–H groups in total. The van der Waals surface area contributed by atoms with Crippen LogP contribution in [0.25, 0.3) is 21.9 Å². The highest BCUT2D eigenvalue weighted by atomic mass is 15.2. The van der Waals surface area contributed by atoms with E-state index in [1.54, 1.807) is 0 Å². The molecule has 1 saturated heterocycles. The van der Waals surface area contributed by atoms with Crippen LogP contribution in [0.15, 0.2) is 49.1 Å². The lowest BCUT2D eigenvalue weighted by atomic mass is 9.89. The number of aromatic nitrogens is 3. The van der Waals surface area contributed by atoms with Gasteiger partial charge in [0.1, 0.15) is 13.7 Å². The zero-order valence-electron chi connectivity index (χ0n) is 16.4. The van der Waals surface area contributed by atoms with Crippen LogP contribution < -0.4 is 10.8 Å². The Morgan fingerprint density at radius 3 is 2.67 bits per heavy atom. The first-order chi connectivity index (χ1) is 13.0. The van der Waals surface area contributed by atoms with Crippen molar-refractivity contribution in [3.63, 3.8) is 0 Å². The van der Waals surface area contributed by atoms with Gasteiger partial charge in [0.25, 0.3) is 0 Å². The van der Waals surface area contributed by atoms with E-state index >= 15 is 0 Å². The lowest BCUT2D eigenvalue weighted by Crippen LogP contribution is -2.32. The largest absolute Gasteiger partial charge is 0.345 e. The molecule has 1 aromatic carbocycles. The van der Waals surface area contributed by atoms with E-state index in [0.29, 0.717) is 5.92 Å². The van der Waals surface area contributed by atoms with Crippen LogP contribution in [0.5, 0.6) is 0 Å². The van der Waals surface area contributed by atoms with Crippen LogP contribution in [-0.4, -0.2) is 47.6 Å². The molecule has 2 aromatic heterocycles. The van der Waals surface area contributed by atoms with Gasteiger partial charge >= 0.3 is 0 Å². The molecule has 5 nitrogen and oxygen atoms in total. The van der Waals surface area contributed by atoms with E-state index in [1.807, 2.05) is 30.3 Å². The Morgan fingerprint density at radius 1 is 1.19 bits per heavy atom. The Hall–Kier alpha value is -2.60. The van der Waals surface area contributed by atoms with E-state index < -0.39 is 0 Å². The van der Waals surface area contributed by atoms with Crippen molar-refractivity contribution < 1.29 is 0 Å². The fraction of sp³-hybridized carbons (Fsp3) is 0.333. The molecule has 1 aliphatic heterocycles. The molecular formula is C21H26BN5. The smallest absolute Gasteiger partial charge is 0.145 e. The van der Waals surface area contributed by atoms with Crippen molar-refractivity contribution in [1.82, 2.24) is 19.7 Å². The molecule has 6 heteroatoms. The average molecular weight is 359 g/mol. The highest BCUT2D eigenvalue weighted by Crippen LogP contribution is 2.26. The first-order valence-corrected chi connectivity index (χ1v) is 9.54. The number of hydrogen-bond donors (Lipinski definition) is 1. The second-order valence-corrected chi connectivity index (χ2v) is 7.66. The summed E-state index contributed by atoms with van der Waals surface area (Å²) in [6, 6.07) is 6.49. The number of piperidine rings is 1. The number of allylic oxidation sites excluding steroid dienone is 1.